The van der Waals surface area contributed by atoms with Crippen LogP contribution in [0.2, 0.25) is 0 Å². The number of aliphatic carboxylic acids is 1. The van der Waals surface area contributed by atoms with Crippen LogP contribution in [0.4, 0.5) is 9.18 Å². The van der Waals surface area contributed by atoms with Crippen molar-refractivity contribution in [3.8, 4) is 0 Å². The minimum atomic E-state index is -1.91. The van der Waals surface area contributed by atoms with Gasteiger partial charge in [-0.1, -0.05) is 45.0 Å². The highest BCUT2D eigenvalue weighted by Gasteiger charge is 2.41. The van der Waals surface area contributed by atoms with E-state index in [2.05, 4.69) is 0 Å². The third kappa shape index (κ3) is 14.8. The molecule has 0 spiro atoms. The Hall–Kier alpha value is -3.74. The van der Waals surface area contributed by atoms with Gasteiger partial charge in [0.25, 0.3) is 5.91 Å². The van der Waals surface area contributed by atoms with Crippen LogP contribution in [0.1, 0.15) is 111 Å². The summed E-state index contributed by atoms with van der Waals surface area (Å²) in [7, 11) is 2.66. The molecule has 1 saturated heterocycles. The monoisotopic (exact) mass is 722 g/mol. The number of carbonyl (C=O) groups excluding carboxylic acids is 4. The summed E-state index contributed by atoms with van der Waals surface area (Å²) in [6.45, 7) is 15.7. The quantitative estimate of drug-likeness (QED) is 0.167. The predicted molar refractivity (Wildman–Crippen MR) is 189 cm³/mol. The number of ether oxygens (including phenoxy) is 4. The Morgan fingerprint density at radius 3 is 1.88 bits per heavy atom. The van der Waals surface area contributed by atoms with Gasteiger partial charge in [0.05, 0.1) is 0 Å². The van der Waals surface area contributed by atoms with Crippen molar-refractivity contribution in [2.45, 2.75) is 142 Å². The molecule has 2 rings (SSSR count). The predicted octanol–water partition coefficient (Wildman–Crippen LogP) is 6.08. The van der Waals surface area contributed by atoms with Crippen LogP contribution in [-0.4, -0.2) is 108 Å². The second-order valence-corrected chi connectivity index (χ2v) is 16.3. The molecule has 1 N–H and O–H groups in total. The van der Waals surface area contributed by atoms with Gasteiger partial charge in [-0.25, -0.2) is 23.6 Å². The summed E-state index contributed by atoms with van der Waals surface area (Å²) in [6, 6.07) is 5.31. The van der Waals surface area contributed by atoms with Crippen molar-refractivity contribution in [2.75, 3.05) is 27.3 Å². The van der Waals surface area contributed by atoms with E-state index in [9.17, 15) is 29.1 Å². The zero-order valence-electron chi connectivity index (χ0n) is 32.2. The maximum Gasteiger partial charge on any atom is 0.410 e. The number of hydrogen-bond acceptors (Lipinski definition) is 9. The second-order valence-electron chi connectivity index (χ2n) is 16.3. The maximum atomic E-state index is 15.1. The molecule has 1 fully saturated rings. The molecule has 1 aliphatic rings. The topological polar surface area (TPSA) is 149 Å². The van der Waals surface area contributed by atoms with Crippen LogP contribution >= 0.6 is 0 Å². The largest absolute Gasteiger partial charge is 0.479 e. The number of carboxylic acids is 1. The first-order valence-corrected chi connectivity index (χ1v) is 17.6. The van der Waals surface area contributed by atoms with E-state index in [1.54, 1.807) is 20.8 Å². The number of halogens is 1. The smallest absolute Gasteiger partial charge is 0.410 e. The van der Waals surface area contributed by atoms with Gasteiger partial charge in [0.2, 0.25) is 0 Å². The molecular formula is C38H59FN2O10. The Kier molecular flexibility index (Phi) is 15.5. The van der Waals surface area contributed by atoms with Crippen molar-refractivity contribution in [1.82, 2.24) is 9.80 Å². The Morgan fingerprint density at radius 1 is 0.863 bits per heavy atom. The van der Waals surface area contributed by atoms with Gasteiger partial charge < -0.3 is 29.0 Å². The van der Waals surface area contributed by atoms with Crippen molar-refractivity contribution in [2.24, 2.45) is 5.41 Å². The zero-order valence-corrected chi connectivity index (χ0v) is 32.2. The van der Waals surface area contributed by atoms with E-state index in [1.165, 1.54) is 40.4 Å². The van der Waals surface area contributed by atoms with Crippen LogP contribution in [0.15, 0.2) is 24.3 Å². The van der Waals surface area contributed by atoms with Gasteiger partial charge in [-0.15, -0.1) is 0 Å². The highest BCUT2D eigenvalue weighted by Crippen LogP contribution is 2.29. The third-order valence-electron chi connectivity index (χ3n) is 8.53. The van der Waals surface area contributed by atoms with Crippen molar-refractivity contribution >= 4 is 29.9 Å². The summed E-state index contributed by atoms with van der Waals surface area (Å²) < 4.78 is 37.0. The number of carboxylic acid groups (broad SMARTS) is 1. The van der Waals surface area contributed by atoms with E-state index in [0.717, 1.165) is 28.2 Å². The molecule has 1 aliphatic heterocycles. The number of aryl methyl sites for hydroxylation is 1. The molecule has 12 nitrogen and oxygen atoms in total. The number of likely N-dealkylation sites (N-methyl/N-ethyl adjacent to an activating group) is 2. The first-order chi connectivity index (χ1) is 23.4. The molecule has 288 valence electrons. The van der Waals surface area contributed by atoms with E-state index in [0.29, 0.717) is 25.6 Å². The van der Waals surface area contributed by atoms with Crippen LogP contribution in [0, 0.1) is 5.41 Å². The summed E-state index contributed by atoms with van der Waals surface area (Å²) in [5.74, 6) is -3.65. The fourth-order valence-electron chi connectivity index (χ4n) is 5.68. The highest BCUT2D eigenvalue weighted by molar-refractivity contribution is 5.90. The van der Waals surface area contributed by atoms with Gasteiger partial charge in [0.15, 0.2) is 12.2 Å². The van der Waals surface area contributed by atoms with Crippen molar-refractivity contribution in [3.63, 3.8) is 0 Å². The minimum absolute atomic E-state index is 0.00374. The van der Waals surface area contributed by atoms with E-state index >= 15 is 4.39 Å². The van der Waals surface area contributed by atoms with Crippen molar-refractivity contribution < 1.29 is 52.4 Å². The van der Waals surface area contributed by atoms with Gasteiger partial charge in [-0.2, -0.15) is 0 Å². The first-order valence-electron chi connectivity index (χ1n) is 17.6. The zero-order chi connectivity index (χ0) is 38.9. The van der Waals surface area contributed by atoms with Gasteiger partial charge in [-0.05, 0) is 96.1 Å². The highest BCUT2D eigenvalue weighted by atomic mass is 19.1. The third-order valence-corrected chi connectivity index (χ3v) is 8.53. The van der Waals surface area contributed by atoms with Gasteiger partial charge >= 0.3 is 24.0 Å². The Labute approximate surface area is 302 Å². The molecule has 0 unspecified atom stereocenters. The number of hydrogen-bond donors (Lipinski definition) is 1. The van der Waals surface area contributed by atoms with Crippen LogP contribution in [-0.2, 0) is 44.5 Å². The number of esters is 2. The lowest BCUT2D eigenvalue weighted by atomic mass is 9.87. The summed E-state index contributed by atoms with van der Waals surface area (Å²) in [5.41, 5.74) is -1.26. The second kappa shape index (κ2) is 18.1. The number of amides is 2. The fraction of sp³-hybridized carbons (Fsp3) is 0.711. The van der Waals surface area contributed by atoms with Gasteiger partial charge in [0.1, 0.15) is 23.4 Å². The minimum Gasteiger partial charge on any atom is -0.479 e. The SMILES string of the molecule is C[C@@H](OC(=O)[C@H](CC(C)(C)C)N(C)C(=O)[C@@H](CCc1ccc(C2CCOCC2)cc1)OC(=O)[C@H](CC(C)(C)F)N(C)C(=O)OC(C)(C)C)C(=O)O. The lowest BCUT2D eigenvalue weighted by Gasteiger charge is -2.35. The molecule has 0 radical (unpaired) electrons. The number of alkyl halides is 1. The molecule has 0 aliphatic carbocycles. The molecule has 2 amide bonds. The van der Waals surface area contributed by atoms with E-state index < -0.39 is 77.3 Å². The Bertz CT molecular complexity index is 1340. The first kappa shape index (κ1) is 43.4. The van der Waals surface area contributed by atoms with E-state index in [-0.39, 0.29) is 12.8 Å². The number of carbonyl (C=O) groups is 5. The molecule has 51 heavy (non-hydrogen) atoms. The normalized spacial score (nSPS) is 16.6. The van der Waals surface area contributed by atoms with Crippen LogP contribution in [0.5, 0.6) is 0 Å². The van der Waals surface area contributed by atoms with Crippen molar-refractivity contribution in [1.29, 1.82) is 0 Å². The molecule has 4 atom stereocenters. The average Bonchev–Trinajstić information content (AvgIpc) is 3.02. The number of benzene rings is 1. The summed E-state index contributed by atoms with van der Waals surface area (Å²) >= 11 is 0. The fourth-order valence-corrected chi connectivity index (χ4v) is 5.68. The van der Waals surface area contributed by atoms with Crippen LogP contribution < -0.4 is 0 Å². The molecule has 13 heteroatoms. The molecule has 0 bridgehead atoms. The molecule has 0 aromatic heterocycles. The molecular weight excluding hydrogens is 663 g/mol. The van der Waals surface area contributed by atoms with Crippen molar-refractivity contribution in [3.05, 3.63) is 35.4 Å². The molecule has 0 saturated carbocycles. The van der Waals surface area contributed by atoms with E-state index in [4.69, 9.17) is 18.9 Å². The summed E-state index contributed by atoms with van der Waals surface area (Å²) in [5, 5.41) is 9.34. The average molecular weight is 723 g/mol. The lowest BCUT2D eigenvalue weighted by Crippen LogP contribution is -2.52. The maximum absolute atomic E-state index is 15.1. The van der Waals surface area contributed by atoms with Crippen LogP contribution in [0.25, 0.3) is 0 Å². The molecule has 1 aromatic rings. The Morgan fingerprint density at radius 2 is 1.39 bits per heavy atom. The molecule has 1 heterocycles. The molecule has 1 aromatic carbocycles. The standard InChI is InChI=1S/C38H59FN2O10/c1-24(32(43)44)49-33(45)28(22-36(2,3)4)40(10)31(42)30(17-14-25-12-15-26(16-13-25)27-18-20-48-21-19-27)50-34(46)29(23-38(8,9)39)41(11)35(47)51-37(5,6)7/h12-13,15-16,24,27-30H,14,17-23H2,1-11H3,(H,43,44)/t24-,28+,29+,30-/m1/s1. The van der Waals surface area contributed by atoms with E-state index in [1.807, 2.05) is 45.0 Å². The summed E-state index contributed by atoms with van der Waals surface area (Å²) in [4.78, 5) is 68.0. The van der Waals surface area contributed by atoms with Gasteiger partial charge in [-0.3, -0.25) is 9.69 Å². The Balaban J connectivity index is 2.47. The van der Waals surface area contributed by atoms with Gasteiger partial charge in [0, 0.05) is 33.7 Å². The summed E-state index contributed by atoms with van der Waals surface area (Å²) in [6.07, 6.45) is -1.98. The number of nitrogens with zero attached hydrogens (tertiary/aromatic N) is 2. The number of rotatable bonds is 15. The van der Waals surface area contributed by atoms with Crippen LogP contribution in [0.3, 0.4) is 0 Å². The lowest BCUT2D eigenvalue weighted by molar-refractivity contribution is -0.173.